The van der Waals surface area contributed by atoms with Crippen molar-refractivity contribution in [3.63, 3.8) is 0 Å². The predicted molar refractivity (Wildman–Crippen MR) is 93.3 cm³/mol. The van der Waals surface area contributed by atoms with E-state index in [9.17, 15) is 9.18 Å². The molecule has 0 unspecified atom stereocenters. The van der Waals surface area contributed by atoms with E-state index < -0.39 is 0 Å². The van der Waals surface area contributed by atoms with Gasteiger partial charge in [-0.1, -0.05) is 19.8 Å². The predicted octanol–water partition coefficient (Wildman–Crippen LogP) is 4.62. The molecule has 1 aliphatic carbocycles. The Hall–Kier alpha value is -2.17. The normalized spacial score (nSPS) is 14.5. The quantitative estimate of drug-likeness (QED) is 0.840. The smallest absolute Gasteiger partial charge is 0.225 e. The van der Waals surface area contributed by atoms with E-state index in [2.05, 4.69) is 17.3 Å². The third kappa shape index (κ3) is 3.35. The fourth-order valence-corrected chi connectivity index (χ4v) is 3.20. The van der Waals surface area contributed by atoms with Crippen molar-refractivity contribution in [3.8, 4) is 11.3 Å². The number of rotatable bonds is 6. The number of hydrogen-bond acceptors (Lipinski definition) is 2. The van der Waals surface area contributed by atoms with Crippen molar-refractivity contribution in [3.05, 3.63) is 35.6 Å². The van der Waals surface area contributed by atoms with Crippen LogP contribution >= 0.6 is 0 Å². The van der Waals surface area contributed by atoms with Gasteiger partial charge in [0.2, 0.25) is 5.91 Å². The van der Waals surface area contributed by atoms with Crippen molar-refractivity contribution < 1.29 is 9.18 Å². The molecule has 2 aromatic rings. The topological polar surface area (TPSA) is 46.9 Å². The number of amides is 1. The molecule has 4 nitrogen and oxygen atoms in total. The van der Waals surface area contributed by atoms with Gasteiger partial charge in [0.15, 0.2) is 5.82 Å². The third-order valence-electron chi connectivity index (χ3n) is 4.73. The molecule has 1 amide bonds. The lowest BCUT2D eigenvalue weighted by atomic mass is 9.79. The van der Waals surface area contributed by atoms with E-state index in [0.29, 0.717) is 18.2 Å². The van der Waals surface area contributed by atoms with Crippen molar-refractivity contribution in [2.24, 2.45) is 7.05 Å². The van der Waals surface area contributed by atoms with Gasteiger partial charge in [-0.25, -0.2) is 4.39 Å². The molecular weight excluding hydrogens is 305 g/mol. The zero-order valence-electron chi connectivity index (χ0n) is 14.3. The minimum Gasteiger partial charge on any atom is -0.309 e. The number of aromatic nitrogens is 2. The molecular formula is C19H24FN3O. The number of anilines is 1. The number of carbonyl (C=O) groups is 1. The lowest BCUT2D eigenvalue weighted by Gasteiger charge is -2.27. The molecule has 1 aliphatic rings. The molecule has 0 bridgehead atoms. The van der Waals surface area contributed by atoms with E-state index in [4.69, 9.17) is 0 Å². The van der Waals surface area contributed by atoms with Gasteiger partial charge in [0.05, 0.1) is 5.69 Å². The van der Waals surface area contributed by atoms with E-state index in [-0.39, 0.29) is 11.7 Å². The van der Waals surface area contributed by atoms with Gasteiger partial charge in [0.1, 0.15) is 5.82 Å². The largest absolute Gasteiger partial charge is 0.309 e. The van der Waals surface area contributed by atoms with Crippen LogP contribution in [0.25, 0.3) is 11.3 Å². The van der Waals surface area contributed by atoms with Crippen LogP contribution < -0.4 is 5.32 Å². The fraction of sp³-hybridized carbons (Fsp3) is 0.474. The van der Waals surface area contributed by atoms with Crippen LogP contribution in [0.2, 0.25) is 0 Å². The lowest BCUT2D eigenvalue weighted by molar-refractivity contribution is -0.116. The molecule has 1 aromatic heterocycles. The standard InChI is InChI=1S/C19H24FN3O/c1-3-4-8-16(24)21-19-17(13-6-5-7-13)18(23(2)22-19)14-9-11-15(20)12-10-14/h9-13H,3-8H2,1-2H3,(H,21,22,24). The highest BCUT2D eigenvalue weighted by Gasteiger charge is 2.30. The zero-order valence-corrected chi connectivity index (χ0v) is 14.3. The van der Waals surface area contributed by atoms with Crippen molar-refractivity contribution >= 4 is 11.7 Å². The molecule has 1 fully saturated rings. The molecule has 0 atom stereocenters. The number of hydrogen-bond donors (Lipinski definition) is 1. The van der Waals surface area contributed by atoms with E-state index in [1.807, 2.05) is 7.05 Å². The van der Waals surface area contributed by atoms with Gasteiger partial charge in [0, 0.05) is 24.6 Å². The Labute approximate surface area is 142 Å². The van der Waals surface area contributed by atoms with Crippen LogP contribution in [0.5, 0.6) is 0 Å². The second-order valence-corrected chi connectivity index (χ2v) is 6.52. The van der Waals surface area contributed by atoms with Gasteiger partial charge in [-0.15, -0.1) is 0 Å². The van der Waals surface area contributed by atoms with Crippen LogP contribution in [0.4, 0.5) is 10.2 Å². The van der Waals surface area contributed by atoms with Crippen molar-refractivity contribution in [2.75, 3.05) is 5.32 Å². The first kappa shape index (κ1) is 16.7. The molecule has 1 aromatic carbocycles. The first-order valence-electron chi connectivity index (χ1n) is 8.72. The van der Waals surface area contributed by atoms with Crippen LogP contribution in [0.3, 0.4) is 0 Å². The number of halogens is 1. The van der Waals surface area contributed by atoms with Gasteiger partial charge in [-0.3, -0.25) is 9.48 Å². The summed E-state index contributed by atoms with van der Waals surface area (Å²) in [5.74, 6) is 0.850. The van der Waals surface area contributed by atoms with Crippen molar-refractivity contribution in [1.82, 2.24) is 9.78 Å². The first-order valence-corrected chi connectivity index (χ1v) is 8.72. The average Bonchev–Trinajstić information content (AvgIpc) is 2.81. The Morgan fingerprint density at radius 1 is 1.33 bits per heavy atom. The number of nitrogens with zero attached hydrogens (tertiary/aromatic N) is 2. The summed E-state index contributed by atoms with van der Waals surface area (Å²) in [4.78, 5) is 12.1. The number of aryl methyl sites for hydroxylation is 1. The number of carbonyl (C=O) groups excluding carboxylic acids is 1. The number of benzene rings is 1. The maximum absolute atomic E-state index is 13.3. The summed E-state index contributed by atoms with van der Waals surface area (Å²) in [7, 11) is 1.88. The first-order chi connectivity index (χ1) is 11.6. The van der Waals surface area contributed by atoms with Gasteiger partial charge < -0.3 is 5.32 Å². The summed E-state index contributed by atoms with van der Waals surface area (Å²) in [5.41, 5.74) is 3.01. The van der Waals surface area contributed by atoms with E-state index >= 15 is 0 Å². The highest BCUT2D eigenvalue weighted by atomic mass is 19.1. The van der Waals surface area contributed by atoms with E-state index in [0.717, 1.165) is 42.5 Å². The van der Waals surface area contributed by atoms with Crippen LogP contribution in [0.15, 0.2) is 24.3 Å². The second-order valence-electron chi connectivity index (χ2n) is 6.52. The maximum atomic E-state index is 13.3. The van der Waals surface area contributed by atoms with Gasteiger partial charge in [-0.2, -0.15) is 5.10 Å². The Balaban J connectivity index is 1.96. The van der Waals surface area contributed by atoms with Crippen molar-refractivity contribution in [1.29, 1.82) is 0 Å². The molecule has 1 heterocycles. The minimum atomic E-state index is -0.251. The monoisotopic (exact) mass is 329 g/mol. The Morgan fingerprint density at radius 2 is 2.04 bits per heavy atom. The molecule has 3 rings (SSSR count). The highest BCUT2D eigenvalue weighted by molar-refractivity contribution is 5.91. The molecule has 0 aliphatic heterocycles. The summed E-state index contributed by atoms with van der Waals surface area (Å²) < 4.78 is 15.1. The molecule has 0 spiro atoms. The molecule has 1 N–H and O–H groups in total. The molecule has 24 heavy (non-hydrogen) atoms. The number of unbranched alkanes of at least 4 members (excludes halogenated alkanes) is 1. The van der Waals surface area contributed by atoms with Crippen molar-refractivity contribution in [2.45, 2.75) is 51.4 Å². The molecule has 1 saturated carbocycles. The summed E-state index contributed by atoms with van der Waals surface area (Å²) in [6.45, 7) is 2.07. The highest BCUT2D eigenvalue weighted by Crippen LogP contribution is 2.44. The maximum Gasteiger partial charge on any atom is 0.225 e. The summed E-state index contributed by atoms with van der Waals surface area (Å²) >= 11 is 0. The molecule has 0 saturated heterocycles. The fourth-order valence-electron chi connectivity index (χ4n) is 3.20. The van der Waals surface area contributed by atoms with Crippen LogP contribution in [-0.4, -0.2) is 15.7 Å². The molecule has 0 radical (unpaired) electrons. The Morgan fingerprint density at radius 3 is 2.62 bits per heavy atom. The molecule has 128 valence electrons. The average molecular weight is 329 g/mol. The summed E-state index contributed by atoms with van der Waals surface area (Å²) in [5, 5.41) is 7.54. The van der Waals surface area contributed by atoms with Crippen LogP contribution in [0.1, 0.15) is 56.9 Å². The van der Waals surface area contributed by atoms with Crippen LogP contribution in [-0.2, 0) is 11.8 Å². The summed E-state index contributed by atoms with van der Waals surface area (Å²) in [6, 6.07) is 6.48. The number of nitrogens with one attached hydrogen (secondary N) is 1. The third-order valence-corrected chi connectivity index (χ3v) is 4.73. The van der Waals surface area contributed by atoms with Gasteiger partial charge in [0.25, 0.3) is 0 Å². The van der Waals surface area contributed by atoms with Gasteiger partial charge in [-0.05, 0) is 49.4 Å². The Kier molecular flexibility index (Phi) is 4.97. The second kappa shape index (κ2) is 7.16. The van der Waals surface area contributed by atoms with E-state index in [1.54, 1.807) is 16.8 Å². The van der Waals surface area contributed by atoms with Crippen LogP contribution in [0, 0.1) is 5.82 Å². The molecule has 5 heteroatoms. The zero-order chi connectivity index (χ0) is 17.1. The summed E-state index contributed by atoms with van der Waals surface area (Å²) in [6.07, 6.45) is 5.80. The van der Waals surface area contributed by atoms with E-state index in [1.165, 1.54) is 18.6 Å². The lowest BCUT2D eigenvalue weighted by Crippen LogP contribution is -2.16. The Bertz CT molecular complexity index is 717. The minimum absolute atomic E-state index is 0.0150. The SMILES string of the molecule is CCCCC(=O)Nc1nn(C)c(-c2ccc(F)cc2)c1C1CCC1. The van der Waals surface area contributed by atoms with Gasteiger partial charge >= 0.3 is 0 Å².